The van der Waals surface area contributed by atoms with Crippen molar-refractivity contribution in [3.05, 3.63) is 53.6 Å². The average molecular weight is 564 g/mol. The fourth-order valence-electron chi connectivity index (χ4n) is 4.84. The van der Waals surface area contributed by atoms with E-state index in [1.54, 1.807) is 31.2 Å². The molecule has 2 fully saturated rings. The molecule has 9 nitrogen and oxygen atoms in total. The highest BCUT2D eigenvalue weighted by Crippen LogP contribution is 2.25. The minimum Gasteiger partial charge on any atom is -0.492 e. The van der Waals surface area contributed by atoms with Gasteiger partial charge in [0.1, 0.15) is 12.4 Å². The monoisotopic (exact) mass is 563 g/mol. The van der Waals surface area contributed by atoms with Gasteiger partial charge in [-0.25, -0.2) is 16.8 Å². The van der Waals surface area contributed by atoms with E-state index < -0.39 is 20.0 Å². The summed E-state index contributed by atoms with van der Waals surface area (Å²) < 4.78 is 60.8. The van der Waals surface area contributed by atoms with Gasteiger partial charge in [0.15, 0.2) is 0 Å². The third kappa shape index (κ3) is 6.74. The van der Waals surface area contributed by atoms with Crippen molar-refractivity contribution in [3.8, 4) is 5.75 Å². The molecule has 1 N–H and O–H groups in total. The third-order valence-electron chi connectivity index (χ3n) is 7.07. The van der Waals surface area contributed by atoms with Crippen molar-refractivity contribution in [1.82, 2.24) is 13.9 Å². The van der Waals surface area contributed by atoms with Gasteiger partial charge in [-0.05, 0) is 74.6 Å². The summed E-state index contributed by atoms with van der Waals surface area (Å²) in [4.78, 5) is 13.1. The SMILES string of the molecule is Cc1ccc(C(=O)NCCOc2ccc(S(=O)(=O)N3CCCCC3)cc2)cc1S(=O)(=O)N1CCCCCC1. The first-order valence-corrected chi connectivity index (χ1v) is 16.2. The zero-order chi connectivity index (χ0) is 27.2. The summed E-state index contributed by atoms with van der Waals surface area (Å²) in [6.45, 7) is 4.22. The van der Waals surface area contributed by atoms with E-state index in [1.807, 2.05) is 0 Å². The number of rotatable bonds is 9. The third-order valence-corrected chi connectivity index (χ3v) is 11.0. The second kappa shape index (κ2) is 12.6. The number of nitrogens with one attached hydrogen (secondary N) is 1. The summed E-state index contributed by atoms with van der Waals surface area (Å²) in [6.07, 6.45) is 6.55. The van der Waals surface area contributed by atoms with Gasteiger partial charge in [0.2, 0.25) is 20.0 Å². The molecule has 0 radical (unpaired) electrons. The van der Waals surface area contributed by atoms with Crippen LogP contribution < -0.4 is 10.1 Å². The lowest BCUT2D eigenvalue weighted by atomic mass is 10.1. The van der Waals surface area contributed by atoms with Crippen LogP contribution in [-0.4, -0.2) is 70.7 Å². The van der Waals surface area contributed by atoms with Gasteiger partial charge in [-0.15, -0.1) is 0 Å². The summed E-state index contributed by atoms with van der Waals surface area (Å²) in [6, 6.07) is 11.0. The summed E-state index contributed by atoms with van der Waals surface area (Å²) in [5.74, 6) is 0.113. The van der Waals surface area contributed by atoms with E-state index in [-0.39, 0.29) is 34.4 Å². The largest absolute Gasteiger partial charge is 0.492 e. The standard InChI is InChI=1S/C27H37N3O6S2/c1-22-9-10-23(21-26(22)38(34,35)30-18-5-2-3-6-19-30)27(31)28-15-20-36-24-11-13-25(14-12-24)37(32,33)29-16-7-4-8-17-29/h9-14,21H,2-8,15-20H2,1H3,(H,28,31). The molecule has 0 unspecified atom stereocenters. The maximum atomic E-state index is 13.3. The van der Waals surface area contributed by atoms with Gasteiger partial charge < -0.3 is 10.1 Å². The Morgan fingerprint density at radius 2 is 1.34 bits per heavy atom. The molecule has 11 heteroatoms. The van der Waals surface area contributed by atoms with E-state index in [4.69, 9.17) is 4.74 Å². The molecule has 0 saturated carbocycles. The van der Waals surface area contributed by atoms with Gasteiger partial charge in [0.25, 0.3) is 5.91 Å². The number of piperidine rings is 1. The van der Waals surface area contributed by atoms with Crippen LogP contribution in [0.25, 0.3) is 0 Å². The van der Waals surface area contributed by atoms with Crippen molar-refractivity contribution in [2.45, 2.75) is 61.7 Å². The molecule has 2 aromatic carbocycles. The topological polar surface area (TPSA) is 113 Å². The molecular formula is C27H37N3O6S2. The first-order valence-electron chi connectivity index (χ1n) is 13.3. The van der Waals surface area contributed by atoms with Crippen LogP contribution in [0.1, 0.15) is 60.9 Å². The van der Waals surface area contributed by atoms with Crippen LogP contribution in [0, 0.1) is 6.92 Å². The van der Waals surface area contributed by atoms with Gasteiger partial charge in [-0.2, -0.15) is 8.61 Å². The number of hydrogen-bond acceptors (Lipinski definition) is 6. The molecule has 2 aliphatic heterocycles. The van der Waals surface area contributed by atoms with Crippen molar-refractivity contribution in [1.29, 1.82) is 0 Å². The Hall–Kier alpha value is -2.47. The normalized spacial score (nSPS) is 18.0. The smallest absolute Gasteiger partial charge is 0.251 e. The van der Waals surface area contributed by atoms with E-state index >= 15 is 0 Å². The highest BCUT2D eigenvalue weighted by Gasteiger charge is 2.28. The minimum atomic E-state index is -3.67. The predicted octanol–water partition coefficient (Wildman–Crippen LogP) is 3.54. The van der Waals surface area contributed by atoms with Gasteiger partial charge in [0, 0.05) is 31.7 Å². The molecule has 0 aromatic heterocycles. The van der Waals surface area contributed by atoms with Crippen LogP contribution in [0.3, 0.4) is 0 Å². The number of nitrogens with zero attached hydrogens (tertiary/aromatic N) is 2. The first kappa shape index (κ1) is 28.5. The lowest BCUT2D eigenvalue weighted by Crippen LogP contribution is -2.35. The molecule has 2 aromatic rings. The maximum absolute atomic E-state index is 13.3. The van der Waals surface area contributed by atoms with Gasteiger partial charge in [0.05, 0.1) is 16.3 Å². The summed E-state index contributed by atoms with van der Waals surface area (Å²) >= 11 is 0. The van der Waals surface area contributed by atoms with Crippen LogP contribution in [0.2, 0.25) is 0 Å². The number of carbonyl (C=O) groups excluding carboxylic acids is 1. The molecule has 0 spiro atoms. The van der Waals surface area contributed by atoms with Crippen LogP contribution in [0.15, 0.2) is 52.3 Å². The summed E-state index contributed by atoms with van der Waals surface area (Å²) in [5.41, 5.74) is 0.885. The Balaban J connectivity index is 1.31. The molecule has 0 bridgehead atoms. The van der Waals surface area contributed by atoms with Crippen molar-refractivity contribution in [3.63, 3.8) is 0 Å². The molecule has 2 heterocycles. The van der Waals surface area contributed by atoms with Crippen molar-refractivity contribution < 1.29 is 26.4 Å². The molecule has 0 atom stereocenters. The number of benzene rings is 2. The second-order valence-electron chi connectivity index (χ2n) is 9.84. The number of carbonyl (C=O) groups is 1. The minimum absolute atomic E-state index is 0.169. The quantitative estimate of drug-likeness (QED) is 0.467. The molecular weight excluding hydrogens is 526 g/mol. The molecule has 38 heavy (non-hydrogen) atoms. The summed E-state index contributed by atoms with van der Waals surface area (Å²) in [5, 5.41) is 2.76. The molecule has 2 aliphatic rings. The van der Waals surface area contributed by atoms with Crippen molar-refractivity contribution >= 4 is 26.0 Å². The number of hydrogen-bond donors (Lipinski definition) is 1. The van der Waals surface area contributed by atoms with E-state index in [1.165, 1.54) is 26.8 Å². The zero-order valence-corrected chi connectivity index (χ0v) is 23.5. The fourth-order valence-corrected chi connectivity index (χ4v) is 8.12. The molecule has 4 rings (SSSR count). The molecule has 1 amide bonds. The first-order chi connectivity index (χ1) is 18.2. The van der Waals surface area contributed by atoms with Gasteiger partial charge in [-0.1, -0.05) is 25.3 Å². The van der Waals surface area contributed by atoms with E-state index in [2.05, 4.69) is 5.32 Å². The van der Waals surface area contributed by atoms with E-state index in [9.17, 15) is 21.6 Å². The number of aryl methyl sites for hydroxylation is 1. The zero-order valence-electron chi connectivity index (χ0n) is 21.9. The van der Waals surface area contributed by atoms with Gasteiger partial charge in [-0.3, -0.25) is 4.79 Å². The number of ether oxygens (including phenoxy) is 1. The van der Waals surface area contributed by atoms with E-state index in [0.29, 0.717) is 37.5 Å². The Bertz CT molecular complexity index is 1310. The fraction of sp³-hybridized carbons (Fsp3) is 0.519. The van der Waals surface area contributed by atoms with Gasteiger partial charge >= 0.3 is 0 Å². The predicted molar refractivity (Wildman–Crippen MR) is 145 cm³/mol. The Kier molecular flexibility index (Phi) is 9.45. The van der Waals surface area contributed by atoms with Crippen molar-refractivity contribution in [2.24, 2.45) is 0 Å². The number of amides is 1. The van der Waals surface area contributed by atoms with Crippen LogP contribution in [0.5, 0.6) is 5.75 Å². The van der Waals surface area contributed by atoms with Crippen LogP contribution in [0.4, 0.5) is 0 Å². The highest BCUT2D eigenvalue weighted by molar-refractivity contribution is 7.89. The maximum Gasteiger partial charge on any atom is 0.251 e. The van der Waals surface area contributed by atoms with E-state index in [0.717, 1.165) is 44.9 Å². The second-order valence-corrected chi connectivity index (χ2v) is 13.7. The summed E-state index contributed by atoms with van der Waals surface area (Å²) in [7, 11) is -7.17. The van der Waals surface area contributed by atoms with Crippen LogP contribution in [-0.2, 0) is 20.0 Å². The van der Waals surface area contributed by atoms with Crippen LogP contribution >= 0.6 is 0 Å². The lowest BCUT2D eigenvalue weighted by Gasteiger charge is -2.25. The molecule has 208 valence electrons. The Morgan fingerprint density at radius 3 is 1.95 bits per heavy atom. The Labute approximate surface area is 226 Å². The number of sulfonamides is 2. The van der Waals surface area contributed by atoms with Crippen molar-refractivity contribution in [2.75, 3.05) is 39.3 Å². The highest BCUT2D eigenvalue weighted by atomic mass is 32.2. The average Bonchev–Trinajstić information content (AvgIpc) is 3.22. The lowest BCUT2D eigenvalue weighted by molar-refractivity contribution is 0.0946. The Morgan fingerprint density at radius 1 is 0.789 bits per heavy atom. The molecule has 0 aliphatic carbocycles. The molecule has 2 saturated heterocycles.